The Morgan fingerprint density at radius 1 is 1.23 bits per heavy atom. The van der Waals surface area contributed by atoms with Crippen LogP contribution in [0, 0.1) is 0 Å². The standard InChI is InChI=1S/C8H16NO3P/c1-5-7(3)11-13(9,10)12-8(4)6-2/h5-8H,1-2H2,3-4H3,(H2,9,10)/t7-,8-/m0/s1. The third-order valence-electron chi connectivity index (χ3n) is 1.29. The predicted molar refractivity (Wildman–Crippen MR) is 53.3 cm³/mol. The molecule has 0 aromatic carbocycles. The Morgan fingerprint density at radius 2 is 1.54 bits per heavy atom. The fourth-order valence-corrected chi connectivity index (χ4v) is 1.72. The van der Waals surface area contributed by atoms with E-state index < -0.39 is 20.0 Å². The van der Waals surface area contributed by atoms with E-state index >= 15 is 0 Å². The van der Waals surface area contributed by atoms with Gasteiger partial charge in [-0.15, -0.1) is 13.2 Å². The van der Waals surface area contributed by atoms with Crippen molar-refractivity contribution < 1.29 is 13.6 Å². The van der Waals surface area contributed by atoms with Crippen molar-refractivity contribution in [2.75, 3.05) is 0 Å². The Balaban J connectivity index is 4.15. The van der Waals surface area contributed by atoms with Gasteiger partial charge in [0.1, 0.15) is 0 Å². The lowest BCUT2D eigenvalue weighted by molar-refractivity contribution is 0.164. The fraction of sp³-hybridized carbons (Fsp3) is 0.500. The van der Waals surface area contributed by atoms with E-state index in [-0.39, 0.29) is 0 Å². The van der Waals surface area contributed by atoms with Gasteiger partial charge in [0.15, 0.2) is 0 Å². The summed E-state index contributed by atoms with van der Waals surface area (Å²) in [4.78, 5) is 0. The SMILES string of the molecule is C=C[C@H](C)OP(N)(=O)O[C@@H](C)C=C. The summed E-state index contributed by atoms with van der Waals surface area (Å²) >= 11 is 0. The zero-order valence-electron chi connectivity index (χ0n) is 7.97. The summed E-state index contributed by atoms with van der Waals surface area (Å²) in [5.41, 5.74) is 5.29. The van der Waals surface area contributed by atoms with Gasteiger partial charge in [0, 0.05) is 0 Å². The normalized spacial score (nSPS) is 16.2. The third-order valence-corrected chi connectivity index (χ3v) is 2.54. The van der Waals surface area contributed by atoms with E-state index in [2.05, 4.69) is 13.2 Å². The summed E-state index contributed by atoms with van der Waals surface area (Å²) in [6, 6.07) is 0. The zero-order valence-corrected chi connectivity index (χ0v) is 8.87. The molecule has 76 valence electrons. The Kier molecular flexibility index (Phi) is 5.18. The van der Waals surface area contributed by atoms with Crippen molar-refractivity contribution in [3.8, 4) is 0 Å². The van der Waals surface area contributed by atoms with Crippen LogP contribution < -0.4 is 5.50 Å². The first-order valence-corrected chi connectivity index (χ1v) is 5.53. The minimum atomic E-state index is -3.48. The molecule has 0 unspecified atom stereocenters. The second kappa shape index (κ2) is 5.35. The summed E-state index contributed by atoms with van der Waals surface area (Å²) in [6.07, 6.45) is 2.18. The van der Waals surface area contributed by atoms with Crippen LogP contribution in [-0.4, -0.2) is 12.2 Å². The lowest BCUT2D eigenvalue weighted by atomic mass is 10.4. The van der Waals surface area contributed by atoms with Gasteiger partial charge >= 0.3 is 7.75 Å². The largest absolute Gasteiger partial charge is 0.403 e. The second-order valence-electron chi connectivity index (χ2n) is 2.63. The number of hydrogen-bond donors (Lipinski definition) is 1. The summed E-state index contributed by atoms with van der Waals surface area (Å²) < 4.78 is 21.2. The van der Waals surface area contributed by atoms with Crippen molar-refractivity contribution in [2.24, 2.45) is 5.50 Å². The molecule has 5 heteroatoms. The van der Waals surface area contributed by atoms with Gasteiger partial charge in [-0.3, -0.25) is 9.05 Å². The van der Waals surface area contributed by atoms with Gasteiger partial charge in [0.05, 0.1) is 12.2 Å². The van der Waals surface area contributed by atoms with E-state index in [4.69, 9.17) is 14.6 Å². The van der Waals surface area contributed by atoms with Crippen molar-refractivity contribution >= 4 is 7.75 Å². The summed E-state index contributed by atoms with van der Waals surface area (Å²) in [6.45, 7) is 10.3. The minimum Gasteiger partial charge on any atom is -0.290 e. The van der Waals surface area contributed by atoms with Crippen molar-refractivity contribution in [1.82, 2.24) is 0 Å². The number of nitrogens with two attached hydrogens (primary N) is 1. The van der Waals surface area contributed by atoms with Crippen molar-refractivity contribution in [3.05, 3.63) is 25.3 Å². The van der Waals surface area contributed by atoms with Gasteiger partial charge in [-0.05, 0) is 13.8 Å². The van der Waals surface area contributed by atoms with Gasteiger partial charge < -0.3 is 0 Å². The molecule has 0 amide bonds. The molecule has 2 N–H and O–H groups in total. The van der Waals surface area contributed by atoms with E-state index in [1.807, 2.05) is 0 Å². The predicted octanol–water partition coefficient (Wildman–Crippen LogP) is 2.24. The smallest absolute Gasteiger partial charge is 0.290 e. The number of hydrogen-bond acceptors (Lipinski definition) is 3. The maximum absolute atomic E-state index is 11.4. The molecule has 0 fully saturated rings. The molecule has 0 aromatic heterocycles. The molecule has 0 radical (unpaired) electrons. The van der Waals surface area contributed by atoms with Gasteiger partial charge in [-0.25, -0.2) is 10.1 Å². The van der Waals surface area contributed by atoms with Crippen LogP contribution >= 0.6 is 7.75 Å². The van der Waals surface area contributed by atoms with Crippen LogP contribution in [0.25, 0.3) is 0 Å². The fourth-order valence-electron chi connectivity index (χ4n) is 0.574. The highest BCUT2D eigenvalue weighted by molar-refractivity contribution is 7.51. The molecule has 0 aliphatic carbocycles. The molecule has 2 atom stereocenters. The van der Waals surface area contributed by atoms with E-state index in [0.717, 1.165) is 0 Å². The van der Waals surface area contributed by atoms with E-state index in [1.165, 1.54) is 12.2 Å². The topological polar surface area (TPSA) is 61.5 Å². The first kappa shape index (κ1) is 12.6. The first-order valence-electron chi connectivity index (χ1n) is 3.92. The molecular weight excluding hydrogens is 189 g/mol. The molecule has 13 heavy (non-hydrogen) atoms. The highest BCUT2D eigenvalue weighted by Crippen LogP contribution is 2.42. The molecule has 4 nitrogen and oxygen atoms in total. The average molecular weight is 205 g/mol. The minimum absolute atomic E-state index is 0.396. The highest BCUT2D eigenvalue weighted by Gasteiger charge is 2.22. The summed E-state index contributed by atoms with van der Waals surface area (Å²) in [7, 11) is -3.48. The zero-order chi connectivity index (χ0) is 10.5. The van der Waals surface area contributed by atoms with Crippen LogP contribution in [0.15, 0.2) is 25.3 Å². The monoisotopic (exact) mass is 205 g/mol. The summed E-state index contributed by atoms with van der Waals surface area (Å²) in [5.74, 6) is 0. The van der Waals surface area contributed by atoms with Gasteiger partial charge in [-0.1, -0.05) is 12.2 Å². The summed E-state index contributed by atoms with van der Waals surface area (Å²) in [5, 5.41) is 0. The Labute approximate surface area is 79.0 Å². The molecule has 0 saturated carbocycles. The van der Waals surface area contributed by atoms with Crippen LogP contribution in [-0.2, 0) is 13.6 Å². The van der Waals surface area contributed by atoms with Crippen LogP contribution in [0.2, 0.25) is 0 Å². The molecule has 0 rings (SSSR count). The van der Waals surface area contributed by atoms with Gasteiger partial charge in [0.2, 0.25) is 0 Å². The van der Waals surface area contributed by atoms with Crippen molar-refractivity contribution in [3.63, 3.8) is 0 Å². The lowest BCUT2D eigenvalue weighted by Gasteiger charge is -2.18. The quantitative estimate of drug-likeness (QED) is 0.533. The molecule has 0 heterocycles. The van der Waals surface area contributed by atoms with E-state index in [9.17, 15) is 4.57 Å². The van der Waals surface area contributed by atoms with Gasteiger partial charge in [0.25, 0.3) is 0 Å². The lowest BCUT2D eigenvalue weighted by Crippen LogP contribution is -2.13. The van der Waals surface area contributed by atoms with Crippen molar-refractivity contribution in [2.45, 2.75) is 26.1 Å². The van der Waals surface area contributed by atoms with E-state index in [1.54, 1.807) is 13.8 Å². The van der Waals surface area contributed by atoms with Crippen LogP contribution in [0.4, 0.5) is 0 Å². The first-order chi connectivity index (χ1) is 5.91. The Bertz CT molecular complexity index is 209. The molecule has 0 aliphatic heterocycles. The van der Waals surface area contributed by atoms with Crippen LogP contribution in [0.5, 0.6) is 0 Å². The maximum atomic E-state index is 11.4. The second-order valence-corrected chi connectivity index (χ2v) is 4.13. The van der Waals surface area contributed by atoms with Crippen LogP contribution in [0.3, 0.4) is 0 Å². The molecule has 0 aromatic rings. The van der Waals surface area contributed by atoms with Crippen LogP contribution in [0.1, 0.15) is 13.8 Å². The molecule has 0 saturated heterocycles. The molecular formula is C8H16NO3P. The van der Waals surface area contributed by atoms with Crippen molar-refractivity contribution in [1.29, 1.82) is 0 Å². The third kappa shape index (κ3) is 5.77. The Morgan fingerprint density at radius 3 is 1.77 bits per heavy atom. The molecule has 0 bridgehead atoms. The molecule has 0 aliphatic rings. The van der Waals surface area contributed by atoms with E-state index in [0.29, 0.717) is 0 Å². The Hall–Kier alpha value is -0.410. The highest BCUT2D eigenvalue weighted by atomic mass is 31.2. The maximum Gasteiger partial charge on any atom is 0.403 e. The van der Waals surface area contributed by atoms with Gasteiger partial charge in [-0.2, -0.15) is 0 Å². The average Bonchev–Trinajstić information content (AvgIpc) is 2.02. The number of rotatable bonds is 6. The molecule has 0 spiro atoms.